The van der Waals surface area contributed by atoms with Crippen LogP contribution in [0.1, 0.15) is 21.5 Å². The van der Waals surface area contributed by atoms with Crippen LogP contribution >= 0.6 is 0 Å². The second-order valence-corrected chi connectivity index (χ2v) is 8.45. The molecular formula is C30H19F3N2O3. The number of nitrogens with zero attached hydrogens (tertiary/aromatic N) is 2. The third-order valence-corrected chi connectivity index (χ3v) is 6.08. The molecular weight excluding hydrogens is 493 g/mol. The number of fused-ring (bicyclic) bond motifs is 1. The summed E-state index contributed by atoms with van der Waals surface area (Å²) in [6.45, 7) is 0. The summed E-state index contributed by atoms with van der Waals surface area (Å²) in [7, 11) is 0. The summed E-state index contributed by atoms with van der Waals surface area (Å²) < 4.78 is 41.5. The Labute approximate surface area is 215 Å². The number of halogens is 3. The number of anilines is 2. The lowest BCUT2D eigenvalue weighted by molar-refractivity contribution is -0.136. The number of alkyl halides is 3. The van der Waals surface area contributed by atoms with Gasteiger partial charge in [0.2, 0.25) is 0 Å². The molecule has 0 spiro atoms. The number of rotatable bonds is 5. The SMILES string of the molecule is O=C(c1ccccc1)c1cnc2c(C(F)(F)F)cccc2c1-c1cccc(N(C(=O)O)c2ccccc2)c1. The fourth-order valence-corrected chi connectivity index (χ4v) is 4.43. The molecule has 1 amide bonds. The van der Waals surface area contributed by atoms with Crippen LogP contribution in [0.4, 0.5) is 29.3 Å². The van der Waals surface area contributed by atoms with Crippen LogP contribution < -0.4 is 4.90 Å². The Morgan fingerprint density at radius 3 is 2.05 bits per heavy atom. The number of hydrogen-bond donors (Lipinski definition) is 1. The van der Waals surface area contributed by atoms with Crippen molar-refractivity contribution in [1.29, 1.82) is 0 Å². The van der Waals surface area contributed by atoms with Gasteiger partial charge in [-0.2, -0.15) is 13.2 Å². The van der Waals surface area contributed by atoms with Gasteiger partial charge in [-0.15, -0.1) is 0 Å². The fraction of sp³-hybridized carbons (Fsp3) is 0.0333. The molecule has 5 aromatic rings. The van der Waals surface area contributed by atoms with E-state index >= 15 is 0 Å². The van der Waals surface area contributed by atoms with Gasteiger partial charge in [-0.1, -0.05) is 72.8 Å². The van der Waals surface area contributed by atoms with Crippen molar-refractivity contribution in [2.75, 3.05) is 4.90 Å². The first-order chi connectivity index (χ1) is 18.3. The molecule has 0 saturated heterocycles. The van der Waals surface area contributed by atoms with Gasteiger partial charge in [0.25, 0.3) is 0 Å². The van der Waals surface area contributed by atoms with Gasteiger partial charge < -0.3 is 5.11 Å². The van der Waals surface area contributed by atoms with Crippen LogP contribution in [0, 0.1) is 0 Å². The number of carbonyl (C=O) groups excluding carboxylic acids is 1. The van der Waals surface area contributed by atoms with Gasteiger partial charge in [-0.05, 0) is 35.9 Å². The highest BCUT2D eigenvalue weighted by atomic mass is 19.4. The predicted octanol–water partition coefficient (Wildman–Crippen LogP) is 7.97. The van der Waals surface area contributed by atoms with E-state index in [1.54, 1.807) is 78.9 Å². The van der Waals surface area contributed by atoms with Gasteiger partial charge in [0.1, 0.15) is 0 Å². The summed E-state index contributed by atoms with van der Waals surface area (Å²) in [6.07, 6.45) is -4.75. The van der Waals surface area contributed by atoms with Crippen molar-refractivity contribution in [3.05, 3.63) is 126 Å². The Balaban J connectivity index is 1.78. The molecule has 0 radical (unpaired) electrons. The molecule has 0 atom stereocenters. The first kappa shape index (κ1) is 24.7. The molecule has 0 fully saturated rings. The Kier molecular flexibility index (Phi) is 6.38. The van der Waals surface area contributed by atoms with Gasteiger partial charge in [0.05, 0.1) is 22.5 Å². The number of amides is 1. The minimum absolute atomic E-state index is 0.0989. The molecule has 1 heterocycles. The first-order valence-electron chi connectivity index (χ1n) is 11.5. The maximum Gasteiger partial charge on any atom is 0.418 e. The Morgan fingerprint density at radius 2 is 1.39 bits per heavy atom. The topological polar surface area (TPSA) is 70.5 Å². The zero-order valence-electron chi connectivity index (χ0n) is 19.7. The number of carboxylic acid groups (broad SMARTS) is 1. The number of carbonyl (C=O) groups is 2. The van der Waals surface area contributed by atoms with E-state index in [2.05, 4.69) is 4.98 Å². The third-order valence-electron chi connectivity index (χ3n) is 6.08. The quantitative estimate of drug-likeness (QED) is 0.243. The third kappa shape index (κ3) is 4.59. The number of ketones is 1. The number of benzene rings is 4. The molecule has 0 aliphatic rings. The molecule has 188 valence electrons. The highest BCUT2D eigenvalue weighted by Gasteiger charge is 2.34. The average Bonchev–Trinajstić information content (AvgIpc) is 2.92. The zero-order chi connectivity index (χ0) is 26.9. The molecule has 4 aromatic carbocycles. The minimum Gasteiger partial charge on any atom is -0.464 e. The normalized spacial score (nSPS) is 11.3. The van der Waals surface area contributed by atoms with Gasteiger partial charge in [-0.3, -0.25) is 9.78 Å². The molecule has 38 heavy (non-hydrogen) atoms. The van der Waals surface area contributed by atoms with Crippen LogP contribution in [0.15, 0.2) is 109 Å². The predicted molar refractivity (Wildman–Crippen MR) is 139 cm³/mol. The van der Waals surface area contributed by atoms with Crippen LogP contribution in [0.25, 0.3) is 22.0 Å². The van der Waals surface area contributed by atoms with Crippen LogP contribution in [-0.2, 0) is 6.18 Å². The summed E-state index contributed by atoms with van der Waals surface area (Å²) in [4.78, 5) is 30.9. The molecule has 8 heteroatoms. The van der Waals surface area contributed by atoms with E-state index in [0.29, 0.717) is 16.8 Å². The Bertz CT molecular complexity index is 1650. The van der Waals surface area contributed by atoms with E-state index < -0.39 is 23.6 Å². The highest BCUT2D eigenvalue weighted by molar-refractivity contribution is 6.17. The van der Waals surface area contributed by atoms with Crippen molar-refractivity contribution in [3.63, 3.8) is 0 Å². The number of hydrogen-bond acceptors (Lipinski definition) is 3. The lowest BCUT2D eigenvalue weighted by Gasteiger charge is -2.21. The summed E-state index contributed by atoms with van der Waals surface area (Å²) in [6, 6.07) is 26.8. The van der Waals surface area contributed by atoms with Gasteiger partial charge in [-0.25, -0.2) is 9.69 Å². The minimum atomic E-state index is -4.66. The van der Waals surface area contributed by atoms with E-state index in [1.165, 1.54) is 18.2 Å². The van der Waals surface area contributed by atoms with Gasteiger partial charge in [0, 0.05) is 28.3 Å². The van der Waals surface area contributed by atoms with Crippen LogP contribution in [0.2, 0.25) is 0 Å². The lowest BCUT2D eigenvalue weighted by Crippen LogP contribution is -2.23. The fourth-order valence-electron chi connectivity index (χ4n) is 4.43. The van der Waals surface area contributed by atoms with Crippen LogP contribution in [0.3, 0.4) is 0 Å². The molecule has 1 N–H and O–H groups in total. The second kappa shape index (κ2) is 9.82. The van der Waals surface area contributed by atoms with Crippen LogP contribution in [0.5, 0.6) is 0 Å². The van der Waals surface area contributed by atoms with E-state index in [1.807, 2.05) is 0 Å². The average molecular weight is 512 g/mol. The number of aromatic nitrogens is 1. The number of pyridine rings is 1. The molecule has 0 aliphatic heterocycles. The molecule has 0 bridgehead atoms. The molecule has 0 aliphatic carbocycles. The standard InChI is InChI=1S/C30H19F3N2O3/c31-30(32,33)25-16-8-15-23-26(24(18-34-27(23)25)28(36)19-9-3-1-4-10-19)20-11-7-14-22(17-20)35(29(37)38)21-12-5-2-6-13-21/h1-18H,(H,37,38). The summed E-state index contributed by atoms with van der Waals surface area (Å²) >= 11 is 0. The van der Waals surface area contributed by atoms with E-state index in [4.69, 9.17) is 0 Å². The Hall–Kier alpha value is -4.98. The monoisotopic (exact) mass is 512 g/mol. The largest absolute Gasteiger partial charge is 0.464 e. The molecule has 0 unspecified atom stereocenters. The van der Waals surface area contributed by atoms with Crippen molar-refractivity contribution in [3.8, 4) is 11.1 Å². The second-order valence-electron chi connectivity index (χ2n) is 8.45. The highest BCUT2D eigenvalue weighted by Crippen LogP contribution is 2.40. The maximum absolute atomic E-state index is 13.8. The van der Waals surface area contributed by atoms with Crippen molar-refractivity contribution in [2.24, 2.45) is 0 Å². The lowest BCUT2D eigenvalue weighted by atomic mass is 9.91. The van der Waals surface area contributed by atoms with Gasteiger partial charge >= 0.3 is 12.3 Å². The van der Waals surface area contributed by atoms with Gasteiger partial charge in [0.15, 0.2) is 5.78 Å². The summed E-state index contributed by atoms with van der Waals surface area (Å²) in [5.74, 6) is -0.420. The van der Waals surface area contributed by atoms with E-state index in [9.17, 15) is 27.9 Å². The van der Waals surface area contributed by atoms with Crippen molar-refractivity contribution < 1.29 is 27.9 Å². The molecule has 1 aromatic heterocycles. The maximum atomic E-state index is 13.8. The van der Waals surface area contributed by atoms with E-state index in [0.717, 1.165) is 17.2 Å². The summed E-state index contributed by atoms with van der Waals surface area (Å²) in [5, 5.41) is 10.1. The summed E-state index contributed by atoms with van der Waals surface area (Å²) in [5.41, 5.74) is 0.459. The molecule has 5 rings (SSSR count). The zero-order valence-corrected chi connectivity index (χ0v) is 19.7. The number of para-hydroxylation sites is 2. The van der Waals surface area contributed by atoms with Crippen molar-refractivity contribution in [2.45, 2.75) is 6.18 Å². The molecule has 0 saturated carbocycles. The first-order valence-corrected chi connectivity index (χ1v) is 11.5. The molecule has 5 nitrogen and oxygen atoms in total. The Morgan fingerprint density at radius 1 is 0.763 bits per heavy atom. The van der Waals surface area contributed by atoms with E-state index in [-0.39, 0.29) is 27.7 Å². The van der Waals surface area contributed by atoms with Crippen LogP contribution in [-0.4, -0.2) is 22.0 Å². The van der Waals surface area contributed by atoms with Crippen molar-refractivity contribution >= 4 is 34.2 Å². The van der Waals surface area contributed by atoms with Crippen molar-refractivity contribution in [1.82, 2.24) is 4.98 Å². The smallest absolute Gasteiger partial charge is 0.418 e.